The van der Waals surface area contributed by atoms with Gasteiger partial charge in [-0.05, 0) is 36.8 Å². The van der Waals surface area contributed by atoms with E-state index in [2.05, 4.69) is 5.32 Å². The van der Waals surface area contributed by atoms with Crippen molar-refractivity contribution in [3.05, 3.63) is 53.1 Å². The molecule has 2 aromatic rings. The Morgan fingerprint density at radius 1 is 1.04 bits per heavy atom. The van der Waals surface area contributed by atoms with E-state index in [1.54, 1.807) is 18.2 Å². The molecule has 0 saturated carbocycles. The fourth-order valence-corrected chi connectivity index (χ4v) is 2.39. The Hall–Kier alpha value is -3.46. The molecule has 0 bridgehead atoms. The summed E-state index contributed by atoms with van der Waals surface area (Å²) >= 11 is 0. The average molecular weight is 352 g/mol. The van der Waals surface area contributed by atoms with Gasteiger partial charge in [0.05, 0.1) is 21.3 Å². The first-order valence-electron chi connectivity index (χ1n) is 7.82. The van der Waals surface area contributed by atoms with Crippen molar-refractivity contribution < 1.29 is 19.0 Å². The smallest absolute Gasteiger partial charge is 0.266 e. The minimum absolute atomic E-state index is 0.0583. The van der Waals surface area contributed by atoms with Gasteiger partial charge in [0.2, 0.25) is 0 Å². The van der Waals surface area contributed by atoms with Crippen molar-refractivity contribution >= 4 is 17.7 Å². The number of carbonyl (C=O) groups is 1. The molecule has 0 aliphatic carbocycles. The molecule has 6 nitrogen and oxygen atoms in total. The molecule has 0 aliphatic heterocycles. The van der Waals surface area contributed by atoms with Crippen LogP contribution in [0.4, 0.5) is 5.69 Å². The number of ether oxygens (including phenoxy) is 3. The van der Waals surface area contributed by atoms with Gasteiger partial charge in [-0.15, -0.1) is 0 Å². The number of amides is 1. The molecule has 0 spiro atoms. The number of nitriles is 1. The monoisotopic (exact) mass is 352 g/mol. The number of hydrogen-bond donors (Lipinski definition) is 1. The van der Waals surface area contributed by atoms with Gasteiger partial charge < -0.3 is 19.5 Å². The van der Waals surface area contributed by atoms with E-state index in [-0.39, 0.29) is 5.57 Å². The summed E-state index contributed by atoms with van der Waals surface area (Å²) in [7, 11) is 4.52. The lowest BCUT2D eigenvalue weighted by atomic mass is 10.1. The van der Waals surface area contributed by atoms with E-state index in [1.807, 2.05) is 31.2 Å². The Labute approximate surface area is 152 Å². The average Bonchev–Trinajstić information content (AvgIpc) is 2.65. The molecule has 26 heavy (non-hydrogen) atoms. The van der Waals surface area contributed by atoms with E-state index in [0.717, 1.165) is 5.56 Å². The summed E-state index contributed by atoms with van der Waals surface area (Å²) in [5.74, 6) is 0.911. The Morgan fingerprint density at radius 2 is 1.69 bits per heavy atom. The summed E-state index contributed by atoms with van der Waals surface area (Å²) < 4.78 is 15.8. The van der Waals surface area contributed by atoms with Crippen molar-refractivity contribution in [1.29, 1.82) is 5.26 Å². The molecule has 0 aliphatic rings. The van der Waals surface area contributed by atoms with Gasteiger partial charge in [-0.3, -0.25) is 4.79 Å². The minimum atomic E-state index is -0.505. The number of hydrogen-bond acceptors (Lipinski definition) is 5. The second-order valence-corrected chi connectivity index (χ2v) is 5.44. The van der Waals surface area contributed by atoms with Crippen LogP contribution in [0.15, 0.2) is 42.0 Å². The molecule has 0 saturated heterocycles. The van der Waals surface area contributed by atoms with Gasteiger partial charge in [-0.25, -0.2) is 0 Å². The van der Waals surface area contributed by atoms with E-state index in [4.69, 9.17) is 14.2 Å². The summed E-state index contributed by atoms with van der Waals surface area (Å²) in [6, 6.07) is 12.5. The van der Waals surface area contributed by atoms with Crippen molar-refractivity contribution in [3.63, 3.8) is 0 Å². The molecular weight excluding hydrogens is 332 g/mol. The summed E-state index contributed by atoms with van der Waals surface area (Å²) in [4.78, 5) is 12.4. The summed E-state index contributed by atoms with van der Waals surface area (Å²) in [6.07, 6.45) is 1.45. The predicted octanol–water partition coefficient (Wildman–Crippen LogP) is 3.57. The van der Waals surface area contributed by atoms with E-state index in [0.29, 0.717) is 28.5 Å². The van der Waals surface area contributed by atoms with Gasteiger partial charge in [0.15, 0.2) is 11.5 Å². The Kier molecular flexibility index (Phi) is 6.23. The highest BCUT2D eigenvalue weighted by molar-refractivity contribution is 6.09. The van der Waals surface area contributed by atoms with Crippen molar-refractivity contribution in [2.75, 3.05) is 26.6 Å². The third kappa shape index (κ3) is 4.33. The molecule has 2 aromatic carbocycles. The standard InChI is InChI=1S/C20H20N2O4/c1-13-6-5-7-16(8-13)22-20(23)15(12-21)9-14-10-18(25-3)19(26-4)11-17(14)24-2/h5-11H,1-4H3,(H,22,23)/b15-9+. The van der Waals surface area contributed by atoms with Crippen LogP contribution in [0, 0.1) is 18.3 Å². The molecule has 1 amide bonds. The van der Waals surface area contributed by atoms with Gasteiger partial charge >= 0.3 is 0 Å². The fraction of sp³-hybridized carbons (Fsp3) is 0.200. The lowest BCUT2D eigenvalue weighted by Gasteiger charge is -2.12. The van der Waals surface area contributed by atoms with Crippen LogP contribution in [-0.4, -0.2) is 27.2 Å². The second-order valence-electron chi connectivity index (χ2n) is 5.44. The normalized spacial score (nSPS) is 10.7. The zero-order valence-corrected chi connectivity index (χ0v) is 15.1. The summed E-state index contributed by atoms with van der Waals surface area (Å²) in [5.41, 5.74) is 2.10. The predicted molar refractivity (Wildman–Crippen MR) is 99.5 cm³/mol. The van der Waals surface area contributed by atoms with E-state index in [9.17, 15) is 10.1 Å². The Balaban J connectivity index is 2.38. The Bertz CT molecular complexity index is 882. The molecule has 1 N–H and O–H groups in total. The maximum Gasteiger partial charge on any atom is 0.266 e. The van der Waals surface area contributed by atoms with Crippen LogP contribution in [0.2, 0.25) is 0 Å². The molecule has 0 atom stereocenters. The van der Waals surface area contributed by atoms with Crippen molar-refractivity contribution in [1.82, 2.24) is 0 Å². The zero-order chi connectivity index (χ0) is 19.1. The van der Waals surface area contributed by atoms with Crippen LogP contribution < -0.4 is 19.5 Å². The minimum Gasteiger partial charge on any atom is -0.496 e. The number of aryl methyl sites for hydroxylation is 1. The number of carbonyl (C=O) groups excluding carboxylic acids is 1. The number of nitrogens with one attached hydrogen (secondary N) is 1. The maximum atomic E-state index is 12.4. The molecule has 0 heterocycles. The van der Waals surface area contributed by atoms with E-state index in [1.165, 1.54) is 27.4 Å². The highest BCUT2D eigenvalue weighted by Crippen LogP contribution is 2.35. The molecule has 0 fully saturated rings. The third-order valence-electron chi connectivity index (χ3n) is 3.68. The third-order valence-corrected chi connectivity index (χ3v) is 3.68. The van der Waals surface area contributed by atoms with Gasteiger partial charge in [-0.1, -0.05) is 12.1 Å². The molecule has 0 aromatic heterocycles. The largest absolute Gasteiger partial charge is 0.496 e. The number of methoxy groups -OCH3 is 3. The molecule has 6 heteroatoms. The van der Waals surface area contributed by atoms with Crippen LogP contribution >= 0.6 is 0 Å². The number of benzene rings is 2. The first kappa shape index (κ1) is 18.9. The highest BCUT2D eigenvalue weighted by Gasteiger charge is 2.14. The maximum absolute atomic E-state index is 12.4. The lowest BCUT2D eigenvalue weighted by Crippen LogP contribution is -2.13. The van der Waals surface area contributed by atoms with Crippen LogP contribution in [0.1, 0.15) is 11.1 Å². The lowest BCUT2D eigenvalue weighted by molar-refractivity contribution is -0.112. The van der Waals surface area contributed by atoms with Gasteiger partial charge in [0, 0.05) is 17.3 Å². The van der Waals surface area contributed by atoms with Crippen LogP contribution in [-0.2, 0) is 4.79 Å². The SMILES string of the molecule is COc1cc(OC)c(OC)cc1/C=C(\C#N)C(=O)Nc1cccc(C)c1. The highest BCUT2D eigenvalue weighted by atomic mass is 16.5. The van der Waals surface area contributed by atoms with Crippen LogP contribution in [0.3, 0.4) is 0 Å². The van der Waals surface area contributed by atoms with Crippen molar-refractivity contribution in [2.24, 2.45) is 0 Å². The Morgan fingerprint density at radius 3 is 2.27 bits per heavy atom. The van der Waals surface area contributed by atoms with Gasteiger partial charge in [0.25, 0.3) is 5.91 Å². The molecule has 2 rings (SSSR count). The number of nitrogens with zero attached hydrogens (tertiary/aromatic N) is 1. The van der Waals surface area contributed by atoms with Gasteiger partial charge in [0.1, 0.15) is 17.4 Å². The fourth-order valence-electron chi connectivity index (χ4n) is 2.39. The topological polar surface area (TPSA) is 80.6 Å². The van der Waals surface area contributed by atoms with Crippen LogP contribution in [0.5, 0.6) is 17.2 Å². The first-order valence-corrected chi connectivity index (χ1v) is 7.82. The van der Waals surface area contributed by atoms with Crippen molar-refractivity contribution in [2.45, 2.75) is 6.92 Å². The quantitative estimate of drug-likeness (QED) is 0.635. The molecule has 134 valence electrons. The zero-order valence-electron chi connectivity index (χ0n) is 15.1. The molecular formula is C20H20N2O4. The second kappa shape index (κ2) is 8.58. The van der Waals surface area contributed by atoms with Crippen LogP contribution in [0.25, 0.3) is 6.08 Å². The summed E-state index contributed by atoms with van der Waals surface area (Å²) in [6.45, 7) is 1.92. The molecule has 0 radical (unpaired) electrons. The van der Waals surface area contributed by atoms with E-state index >= 15 is 0 Å². The first-order chi connectivity index (χ1) is 12.5. The molecule has 0 unspecified atom stereocenters. The summed E-state index contributed by atoms with van der Waals surface area (Å²) in [5, 5.41) is 12.1. The number of rotatable bonds is 6. The number of anilines is 1. The van der Waals surface area contributed by atoms with E-state index < -0.39 is 5.91 Å². The van der Waals surface area contributed by atoms with Gasteiger partial charge in [-0.2, -0.15) is 5.26 Å². The van der Waals surface area contributed by atoms with Crippen molar-refractivity contribution in [3.8, 4) is 23.3 Å².